The van der Waals surface area contributed by atoms with Crippen molar-refractivity contribution >= 4 is 86.0 Å². The average Bonchev–Trinajstić information content (AvgIpc) is 2.25. The molecule has 0 N–H and O–H groups in total. The van der Waals surface area contributed by atoms with Gasteiger partial charge < -0.3 is 0 Å². The monoisotopic (exact) mass is 534 g/mol. The van der Waals surface area contributed by atoms with E-state index in [2.05, 4.69) is 87.5 Å². The topological polar surface area (TPSA) is 0 Å². The molecule has 78 valence electrons. The fraction of sp³-hybridized carbons (Fsp3) is 0. The first kappa shape index (κ1) is 13.7. The maximum absolute atomic E-state index is 3.86. The van der Waals surface area contributed by atoms with Crippen LogP contribution in [0.5, 0.6) is 0 Å². The second-order valence-electron chi connectivity index (χ2n) is 2.80. The van der Waals surface area contributed by atoms with E-state index in [1.54, 1.807) is 0 Å². The largest absolute Gasteiger partial charge is 0.0984 e. The smallest absolute Gasteiger partial charge is 0.0410 e. The summed E-state index contributed by atoms with van der Waals surface area (Å²) in [5.74, 6) is 0. The Morgan fingerprint density at radius 2 is 0.933 bits per heavy atom. The quantitative estimate of drug-likeness (QED) is 0.359. The fourth-order valence-electron chi connectivity index (χ4n) is 1.33. The molecule has 0 unspecified atom stereocenters. The van der Waals surface area contributed by atoms with Gasteiger partial charge in [0, 0.05) is 10.7 Å². The summed E-state index contributed by atoms with van der Waals surface area (Å²) in [6, 6.07) is 0. The zero-order valence-electron chi connectivity index (χ0n) is 7.99. The molecule has 15 heavy (non-hydrogen) atoms. The van der Waals surface area contributed by atoms with E-state index in [1.165, 1.54) is 10.7 Å². The summed E-state index contributed by atoms with van der Waals surface area (Å²) in [7, 11) is 0. The van der Waals surface area contributed by atoms with E-state index < -0.39 is 0 Å². The van der Waals surface area contributed by atoms with Crippen LogP contribution in [0, 0.1) is 10.7 Å². The third-order valence-corrected chi connectivity index (χ3v) is 7.43. The van der Waals surface area contributed by atoms with Crippen molar-refractivity contribution in [2.24, 2.45) is 0 Å². The lowest BCUT2D eigenvalue weighted by Gasteiger charge is -2.13. The maximum atomic E-state index is 3.86. The maximum Gasteiger partial charge on any atom is 0.0410 e. The first-order valence-corrected chi connectivity index (χ1v) is 7.39. The van der Waals surface area contributed by atoms with Gasteiger partial charge in [0.05, 0.1) is 0 Å². The van der Waals surface area contributed by atoms with Crippen LogP contribution < -0.4 is 0 Å². The number of benzene rings is 1. The molecule has 0 saturated carbocycles. The normalized spacial score (nSPS) is 9.80. The Labute approximate surface area is 131 Å². The van der Waals surface area contributed by atoms with Gasteiger partial charge in [0.1, 0.15) is 0 Å². The summed E-state index contributed by atoms with van der Waals surface area (Å²) in [5, 5.41) is 0. The van der Waals surface area contributed by atoms with Gasteiger partial charge in [-0.1, -0.05) is 38.0 Å². The van der Waals surface area contributed by atoms with Crippen molar-refractivity contribution in [2.75, 3.05) is 0 Å². The van der Waals surface area contributed by atoms with Crippen LogP contribution in [0.4, 0.5) is 0 Å². The Kier molecular flexibility index (Phi) is 5.30. The van der Waals surface area contributed by atoms with Crippen molar-refractivity contribution in [1.82, 2.24) is 0 Å². The molecular weight excluding hydrogens is 525 g/mol. The van der Waals surface area contributed by atoms with Gasteiger partial charge >= 0.3 is 0 Å². The molecule has 0 spiro atoms. The summed E-state index contributed by atoms with van der Waals surface area (Å²) >= 11 is 7.05. The Bertz CT molecular complexity index is 410. The first-order chi connectivity index (χ1) is 7.08. The minimum Gasteiger partial charge on any atom is -0.0984 e. The summed E-state index contributed by atoms with van der Waals surface area (Å²) in [6.07, 6.45) is 5.63. The number of hydrogen-bond donors (Lipinski definition) is 0. The zero-order valence-corrected chi connectivity index (χ0v) is 14.5. The van der Waals surface area contributed by atoms with Crippen LogP contribution in [0.2, 0.25) is 0 Å². The lowest BCUT2D eigenvalue weighted by Crippen LogP contribution is -1.99. The van der Waals surface area contributed by atoms with Crippen molar-refractivity contribution in [3.05, 3.63) is 47.1 Å². The van der Waals surface area contributed by atoms with Gasteiger partial charge in [-0.3, -0.25) is 0 Å². The van der Waals surface area contributed by atoms with Crippen LogP contribution in [0.25, 0.3) is 18.2 Å². The van der Waals surface area contributed by atoms with E-state index in [4.69, 9.17) is 0 Å². The van der Waals surface area contributed by atoms with Gasteiger partial charge in [0.15, 0.2) is 0 Å². The minimum absolute atomic E-state index is 1.12. The molecule has 0 aromatic heterocycles. The standard InChI is InChI=1S/C12H9I3/c1-4-7-8(5-2)10(13)12(15)11(14)9(7)6-3/h4-6H,1-3H2. The first-order valence-electron chi connectivity index (χ1n) is 4.16. The molecule has 0 aliphatic heterocycles. The average molecular weight is 534 g/mol. The molecule has 0 nitrogen and oxygen atoms in total. The van der Waals surface area contributed by atoms with Crippen LogP contribution >= 0.6 is 67.8 Å². The predicted molar refractivity (Wildman–Crippen MR) is 94.9 cm³/mol. The molecule has 1 aromatic rings. The molecule has 0 amide bonds. The van der Waals surface area contributed by atoms with E-state index in [0.29, 0.717) is 0 Å². The highest BCUT2D eigenvalue weighted by Crippen LogP contribution is 2.33. The SMILES string of the molecule is C=Cc1c(I)c(I)c(I)c(C=C)c1C=C. The lowest BCUT2D eigenvalue weighted by molar-refractivity contribution is 1.44. The van der Waals surface area contributed by atoms with Gasteiger partial charge in [0.25, 0.3) is 0 Å². The third kappa shape index (κ3) is 2.49. The van der Waals surface area contributed by atoms with Gasteiger partial charge in [-0.25, -0.2) is 0 Å². The van der Waals surface area contributed by atoms with E-state index in [1.807, 2.05) is 18.2 Å². The van der Waals surface area contributed by atoms with Gasteiger partial charge in [-0.15, -0.1) is 0 Å². The molecule has 0 fully saturated rings. The highest BCUT2D eigenvalue weighted by Gasteiger charge is 2.14. The van der Waals surface area contributed by atoms with Crippen molar-refractivity contribution in [1.29, 1.82) is 0 Å². The van der Waals surface area contributed by atoms with Gasteiger partial charge in [0.2, 0.25) is 0 Å². The molecule has 1 aromatic carbocycles. The lowest BCUT2D eigenvalue weighted by atomic mass is 10.0. The molecule has 0 bridgehead atoms. The molecule has 1 rings (SSSR count). The fourth-order valence-corrected chi connectivity index (χ4v) is 3.99. The van der Waals surface area contributed by atoms with E-state index >= 15 is 0 Å². The summed E-state index contributed by atoms with van der Waals surface area (Å²) in [5.41, 5.74) is 3.41. The highest BCUT2D eigenvalue weighted by molar-refractivity contribution is 14.1. The van der Waals surface area contributed by atoms with E-state index in [0.717, 1.165) is 16.7 Å². The Balaban J connectivity index is 3.81. The molecule has 0 atom stereocenters. The molecule has 0 heterocycles. The Morgan fingerprint density at radius 3 is 1.20 bits per heavy atom. The third-order valence-electron chi connectivity index (χ3n) is 2.05. The molecule has 0 aliphatic carbocycles. The molecule has 0 saturated heterocycles. The van der Waals surface area contributed by atoms with Crippen molar-refractivity contribution in [3.8, 4) is 0 Å². The molecule has 0 aliphatic rings. The van der Waals surface area contributed by atoms with Crippen molar-refractivity contribution < 1.29 is 0 Å². The van der Waals surface area contributed by atoms with Crippen LogP contribution in [0.15, 0.2) is 19.7 Å². The second-order valence-corrected chi connectivity index (χ2v) is 6.03. The van der Waals surface area contributed by atoms with Gasteiger partial charge in [-0.2, -0.15) is 0 Å². The molecular formula is C12H9I3. The summed E-state index contributed by atoms with van der Waals surface area (Å²) < 4.78 is 3.71. The number of rotatable bonds is 3. The van der Waals surface area contributed by atoms with Crippen LogP contribution in [-0.2, 0) is 0 Å². The van der Waals surface area contributed by atoms with Crippen LogP contribution in [0.3, 0.4) is 0 Å². The second kappa shape index (κ2) is 5.81. The highest BCUT2D eigenvalue weighted by atomic mass is 127. The van der Waals surface area contributed by atoms with Crippen LogP contribution in [0.1, 0.15) is 16.7 Å². The molecule has 0 radical (unpaired) electrons. The number of halogens is 3. The minimum atomic E-state index is 1.12. The molecule has 3 heteroatoms. The van der Waals surface area contributed by atoms with Crippen molar-refractivity contribution in [3.63, 3.8) is 0 Å². The Hall–Kier alpha value is 0.630. The van der Waals surface area contributed by atoms with Crippen molar-refractivity contribution in [2.45, 2.75) is 0 Å². The summed E-state index contributed by atoms with van der Waals surface area (Å²) in [4.78, 5) is 0. The number of hydrogen-bond acceptors (Lipinski definition) is 0. The van der Waals surface area contributed by atoms with Crippen LogP contribution in [-0.4, -0.2) is 0 Å². The zero-order chi connectivity index (χ0) is 11.6. The van der Waals surface area contributed by atoms with Gasteiger partial charge in [-0.05, 0) is 84.5 Å². The Morgan fingerprint density at radius 1 is 0.600 bits per heavy atom. The summed E-state index contributed by atoms with van der Waals surface area (Å²) in [6.45, 7) is 11.6. The van der Waals surface area contributed by atoms with E-state index in [9.17, 15) is 0 Å². The predicted octanol–water partition coefficient (Wildman–Crippen LogP) is 5.43. The van der Waals surface area contributed by atoms with E-state index in [-0.39, 0.29) is 0 Å².